The van der Waals surface area contributed by atoms with Crippen LogP contribution in [0.5, 0.6) is 11.5 Å². The van der Waals surface area contributed by atoms with Crippen molar-refractivity contribution >= 4 is 27.3 Å². The Morgan fingerprint density at radius 2 is 1.38 bits per heavy atom. The van der Waals surface area contributed by atoms with Gasteiger partial charge in [-0.2, -0.15) is 0 Å². The third kappa shape index (κ3) is 6.92. The third-order valence-electron chi connectivity index (χ3n) is 6.38. The zero-order valence-corrected chi connectivity index (χ0v) is 23.8. The maximum absolute atomic E-state index is 13.7. The molecular formula is C31H33N3O5S. The number of benzene rings is 4. The first kappa shape index (κ1) is 28.5. The van der Waals surface area contributed by atoms with E-state index in [4.69, 9.17) is 9.47 Å². The number of sulfonamides is 1. The summed E-state index contributed by atoms with van der Waals surface area (Å²) in [5.74, 6) is 1.08. The average Bonchev–Trinajstić information content (AvgIpc) is 2.97. The Morgan fingerprint density at radius 1 is 0.775 bits per heavy atom. The molecule has 0 atom stereocenters. The topological polar surface area (TPSA) is 88.2 Å². The molecule has 4 rings (SSSR count). The maximum Gasteiger partial charge on any atom is 0.261 e. The van der Waals surface area contributed by atoms with Crippen molar-refractivity contribution in [1.82, 2.24) is 4.90 Å². The highest BCUT2D eigenvalue weighted by Gasteiger charge is 2.21. The quantitative estimate of drug-likeness (QED) is 0.264. The van der Waals surface area contributed by atoms with E-state index in [0.29, 0.717) is 29.3 Å². The summed E-state index contributed by atoms with van der Waals surface area (Å²) < 4.78 is 39.3. The number of ether oxygens (including phenoxy) is 2. The normalized spacial score (nSPS) is 11.0. The number of carbonyl (C=O) groups is 1. The first-order chi connectivity index (χ1) is 19.2. The molecule has 0 aliphatic rings. The van der Waals surface area contributed by atoms with E-state index in [9.17, 15) is 13.2 Å². The minimum atomic E-state index is -3.84. The van der Waals surface area contributed by atoms with E-state index < -0.39 is 10.0 Å². The summed E-state index contributed by atoms with van der Waals surface area (Å²) in [4.78, 5) is 17.5. The zero-order chi connectivity index (χ0) is 28.7. The average molecular weight is 560 g/mol. The van der Waals surface area contributed by atoms with Gasteiger partial charge in [0.2, 0.25) is 0 Å². The molecule has 0 bridgehead atoms. The first-order valence-corrected chi connectivity index (χ1v) is 14.1. The molecule has 1 amide bonds. The molecule has 0 spiro atoms. The lowest BCUT2D eigenvalue weighted by Gasteiger charge is -2.27. The van der Waals surface area contributed by atoms with Crippen molar-refractivity contribution in [3.63, 3.8) is 0 Å². The van der Waals surface area contributed by atoms with Gasteiger partial charge in [0.05, 0.1) is 19.1 Å². The summed E-state index contributed by atoms with van der Waals surface area (Å²) in [6, 6.07) is 28.3. The first-order valence-electron chi connectivity index (χ1n) is 12.6. The molecule has 0 saturated carbocycles. The molecule has 0 unspecified atom stereocenters. The second-order valence-electron chi connectivity index (χ2n) is 9.39. The van der Waals surface area contributed by atoms with Gasteiger partial charge < -0.3 is 19.3 Å². The Hall–Kier alpha value is -4.50. The minimum absolute atomic E-state index is 0.118. The van der Waals surface area contributed by atoms with Crippen LogP contribution in [0, 0.1) is 0 Å². The lowest BCUT2D eigenvalue weighted by molar-refractivity contribution is 0.0730. The van der Waals surface area contributed by atoms with E-state index in [2.05, 4.69) is 4.72 Å². The van der Waals surface area contributed by atoms with Crippen molar-refractivity contribution in [3.05, 3.63) is 114 Å². The zero-order valence-electron chi connectivity index (χ0n) is 23.0. The highest BCUT2D eigenvalue weighted by Crippen LogP contribution is 2.28. The van der Waals surface area contributed by atoms with Gasteiger partial charge in [-0.25, -0.2) is 8.42 Å². The Bertz CT molecular complexity index is 1540. The van der Waals surface area contributed by atoms with Crippen LogP contribution in [0.15, 0.2) is 102 Å². The Balaban J connectivity index is 1.67. The van der Waals surface area contributed by atoms with Crippen molar-refractivity contribution in [2.24, 2.45) is 0 Å². The van der Waals surface area contributed by atoms with Gasteiger partial charge in [-0.3, -0.25) is 9.52 Å². The van der Waals surface area contributed by atoms with E-state index in [1.807, 2.05) is 55.4 Å². The summed E-state index contributed by atoms with van der Waals surface area (Å²) >= 11 is 0. The van der Waals surface area contributed by atoms with Crippen LogP contribution in [0.25, 0.3) is 0 Å². The fourth-order valence-electron chi connectivity index (χ4n) is 4.31. The molecule has 4 aromatic rings. The number of nitrogens with zero attached hydrogens (tertiary/aromatic N) is 2. The number of amides is 1. The van der Waals surface area contributed by atoms with Gasteiger partial charge in [-0.05, 0) is 77.9 Å². The van der Waals surface area contributed by atoms with Crippen molar-refractivity contribution in [3.8, 4) is 11.5 Å². The van der Waals surface area contributed by atoms with Crippen LogP contribution >= 0.6 is 0 Å². The molecule has 0 aliphatic carbocycles. The van der Waals surface area contributed by atoms with Crippen molar-refractivity contribution < 1.29 is 22.7 Å². The molecule has 0 aliphatic heterocycles. The lowest BCUT2D eigenvalue weighted by atomic mass is 10.1. The minimum Gasteiger partial charge on any atom is -0.497 e. The predicted molar refractivity (Wildman–Crippen MR) is 158 cm³/mol. The van der Waals surface area contributed by atoms with Gasteiger partial charge >= 0.3 is 0 Å². The summed E-state index contributed by atoms with van der Waals surface area (Å²) in [6.07, 6.45) is 0. The molecular weight excluding hydrogens is 526 g/mol. The van der Waals surface area contributed by atoms with Crippen molar-refractivity contribution in [1.29, 1.82) is 0 Å². The van der Waals surface area contributed by atoms with E-state index in [0.717, 1.165) is 16.8 Å². The lowest BCUT2D eigenvalue weighted by Crippen LogP contribution is -2.31. The smallest absolute Gasteiger partial charge is 0.261 e. The maximum atomic E-state index is 13.7. The molecule has 0 heterocycles. The Labute approximate surface area is 235 Å². The number of nitrogens with one attached hydrogen (secondary N) is 1. The van der Waals surface area contributed by atoms with Gasteiger partial charge in [0.25, 0.3) is 15.9 Å². The molecule has 0 aromatic heterocycles. The SMILES string of the molecule is COc1ccc(C(=O)N(Cc2ccccc2)Cc2cc(NS(=O)(=O)c3ccc(OC)cc3)ccc2N(C)C)cc1. The van der Waals surface area contributed by atoms with E-state index in [-0.39, 0.29) is 17.3 Å². The van der Waals surface area contributed by atoms with E-state index >= 15 is 0 Å². The molecule has 1 N–H and O–H groups in total. The molecule has 4 aromatic carbocycles. The summed E-state index contributed by atoms with van der Waals surface area (Å²) in [5.41, 5.74) is 3.56. The van der Waals surface area contributed by atoms with Crippen LogP contribution in [-0.2, 0) is 23.1 Å². The Kier molecular flexibility index (Phi) is 8.96. The number of carbonyl (C=O) groups excluding carboxylic acids is 1. The van der Waals surface area contributed by atoms with Crippen LogP contribution in [0.4, 0.5) is 11.4 Å². The van der Waals surface area contributed by atoms with Crippen LogP contribution in [0.1, 0.15) is 21.5 Å². The van der Waals surface area contributed by atoms with Gasteiger partial charge in [-0.15, -0.1) is 0 Å². The molecule has 208 valence electrons. The largest absolute Gasteiger partial charge is 0.497 e. The van der Waals surface area contributed by atoms with E-state index in [1.165, 1.54) is 19.2 Å². The number of rotatable bonds is 11. The standard InChI is InChI=1S/C31H33N3O5S/c1-33(2)30-19-12-26(32-40(36,37)29-17-15-28(39-4)16-18-29)20-25(30)22-34(21-23-8-6-5-7-9-23)31(35)24-10-13-27(38-3)14-11-24/h5-20,32H,21-22H2,1-4H3. The van der Waals surface area contributed by atoms with Gasteiger partial charge in [0, 0.05) is 44.1 Å². The van der Waals surface area contributed by atoms with Crippen molar-refractivity contribution in [2.45, 2.75) is 18.0 Å². The second kappa shape index (κ2) is 12.6. The van der Waals surface area contributed by atoms with Gasteiger partial charge in [-0.1, -0.05) is 30.3 Å². The fraction of sp³-hybridized carbons (Fsp3) is 0.194. The van der Waals surface area contributed by atoms with Crippen LogP contribution in [0.2, 0.25) is 0 Å². The fourth-order valence-corrected chi connectivity index (χ4v) is 5.36. The number of anilines is 2. The molecule has 8 nitrogen and oxygen atoms in total. The van der Waals surface area contributed by atoms with Gasteiger partial charge in [0.15, 0.2) is 0 Å². The van der Waals surface area contributed by atoms with E-state index in [1.54, 1.807) is 60.5 Å². The molecule has 9 heteroatoms. The molecule has 0 saturated heterocycles. The molecule has 0 radical (unpaired) electrons. The number of hydrogen-bond donors (Lipinski definition) is 1. The number of hydrogen-bond acceptors (Lipinski definition) is 6. The molecule has 0 fully saturated rings. The molecule has 40 heavy (non-hydrogen) atoms. The Morgan fingerprint density at radius 3 is 1.95 bits per heavy atom. The number of methoxy groups -OCH3 is 2. The highest BCUT2D eigenvalue weighted by atomic mass is 32.2. The summed E-state index contributed by atoms with van der Waals surface area (Å²) in [7, 11) is 3.08. The van der Waals surface area contributed by atoms with Crippen LogP contribution in [-0.4, -0.2) is 47.5 Å². The second-order valence-corrected chi connectivity index (χ2v) is 11.1. The third-order valence-corrected chi connectivity index (χ3v) is 7.78. The highest BCUT2D eigenvalue weighted by molar-refractivity contribution is 7.92. The van der Waals surface area contributed by atoms with Crippen LogP contribution in [0.3, 0.4) is 0 Å². The predicted octanol–water partition coefficient (Wildman–Crippen LogP) is 5.41. The van der Waals surface area contributed by atoms with Crippen LogP contribution < -0.4 is 19.1 Å². The summed E-state index contributed by atoms with van der Waals surface area (Å²) in [5, 5.41) is 0. The summed E-state index contributed by atoms with van der Waals surface area (Å²) in [6.45, 7) is 0.631. The van der Waals surface area contributed by atoms with Gasteiger partial charge in [0.1, 0.15) is 11.5 Å². The monoisotopic (exact) mass is 559 g/mol. The van der Waals surface area contributed by atoms with Crippen molar-refractivity contribution in [2.75, 3.05) is 37.9 Å².